The molecule has 0 saturated heterocycles. The molecule has 0 atom stereocenters. The van der Waals surface area contributed by atoms with Crippen LogP contribution < -0.4 is 10.1 Å². The number of carbonyl (C=O) groups excluding carboxylic acids is 1. The highest BCUT2D eigenvalue weighted by Crippen LogP contribution is 2.25. The predicted molar refractivity (Wildman–Crippen MR) is 91.3 cm³/mol. The molecule has 0 aliphatic carbocycles. The summed E-state index contributed by atoms with van der Waals surface area (Å²) in [6.07, 6.45) is 1.72. The summed E-state index contributed by atoms with van der Waals surface area (Å²) in [5.41, 5.74) is 1.77. The number of halogens is 1. The number of thiophene rings is 1. The predicted octanol–water partition coefficient (Wildman–Crippen LogP) is 3.64. The number of rotatable bonds is 6. The van der Waals surface area contributed by atoms with Crippen LogP contribution in [0.1, 0.15) is 5.56 Å². The molecule has 6 heteroatoms. The summed E-state index contributed by atoms with van der Waals surface area (Å²) in [7, 11) is 0. The zero-order chi connectivity index (χ0) is 16.8. The van der Waals surface area contributed by atoms with E-state index in [2.05, 4.69) is 10.3 Å². The number of nitrogens with one attached hydrogen (secondary N) is 1. The van der Waals surface area contributed by atoms with E-state index < -0.39 is 5.82 Å². The fraction of sp³-hybridized carbons (Fsp3) is 0.111. The number of ether oxygens (including phenoxy) is 1. The lowest BCUT2D eigenvalue weighted by molar-refractivity contribution is -0.123. The van der Waals surface area contributed by atoms with Gasteiger partial charge in [0, 0.05) is 12.7 Å². The molecule has 0 saturated carbocycles. The summed E-state index contributed by atoms with van der Waals surface area (Å²) >= 11 is 1.59. The Kier molecular flexibility index (Phi) is 5.18. The number of hydrogen-bond acceptors (Lipinski definition) is 4. The maximum absolute atomic E-state index is 13.4. The van der Waals surface area contributed by atoms with E-state index in [0.717, 1.165) is 16.1 Å². The van der Waals surface area contributed by atoms with E-state index in [1.54, 1.807) is 29.7 Å². The molecule has 0 bridgehead atoms. The van der Waals surface area contributed by atoms with Gasteiger partial charge in [0.15, 0.2) is 18.2 Å². The number of benzene rings is 1. The number of carbonyl (C=O) groups is 1. The maximum Gasteiger partial charge on any atom is 0.258 e. The Bertz CT molecular complexity index is 821. The number of nitrogens with zero attached hydrogens (tertiary/aromatic N) is 1. The first kappa shape index (κ1) is 16.1. The Hall–Kier alpha value is -2.73. The lowest BCUT2D eigenvalue weighted by Gasteiger charge is -2.10. The van der Waals surface area contributed by atoms with E-state index in [4.69, 9.17) is 4.74 Å². The van der Waals surface area contributed by atoms with Gasteiger partial charge in [-0.05, 0) is 35.2 Å². The molecular weight excluding hydrogens is 327 g/mol. The molecule has 122 valence electrons. The highest BCUT2D eigenvalue weighted by Gasteiger charge is 2.10. The Labute approximate surface area is 142 Å². The van der Waals surface area contributed by atoms with Crippen molar-refractivity contribution in [1.82, 2.24) is 10.3 Å². The van der Waals surface area contributed by atoms with Gasteiger partial charge >= 0.3 is 0 Å². The van der Waals surface area contributed by atoms with Crippen molar-refractivity contribution in [1.29, 1.82) is 0 Å². The third-order valence-electron chi connectivity index (χ3n) is 3.32. The Morgan fingerprint density at radius 1 is 1.17 bits per heavy atom. The minimum atomic E-state index is -0.488. The van der Waals surface area contributed by atoms with Gasteiger partial charge in [-0.15, -0.1) is 11.3 Å². The van der Waals surface area contributed by atoms with Crippen molar-refractivity contribution >= 4 is 17.2 Å². The summed E-state index contributed by atoms with van der Waals surface area (Å²) in [4.78, 5) is 17.3. The van der Waals surface area contributed by atoms with Crippen molar-refractivity contribution in [3.05, 3.63) is 71.5 Å². The zero-order valence-corrected chi connectivity index (χ0v) is 13.6. The van der Waals surface area contributed by atoms with Crippen molar-refractivity contribution < 1.29 is 13.9 Å². The molecule has 0 unspecified atom stereocenters. The molecule has 0 aliphatic heterocycles. The van der Waals surface area contributed by atoms with E-state index in [1.807, 2.05) is 29.6 Å². The first-order chi connectivity index (χ1) is 11.7. The first-order valence-electron chi connectivity index (χ1n) is 7.36. The van der Waals surface area contributed by atoms with Crippen LogP contribution in [0.5, 0.6) is 5.75 Å². The van der Waals surface area contributed by atoms with Crippen LogP contribution in [0.3, 0.4) is 0 Å². The molecule has 0 fully saturated rings. The molecule has 2 aromatic heterocycles. The van der Waals surface area contributed by atoms with Crippen LogP contribution in [0.25, 0.3) is 10.6 Å². The molecule has 0 aliphatic rings. The summed E-state index contributed by atoms with van der Waals surface area (Å²) in [6.45, 7) is 0.0933. The summed E-state index contributed by atoms with van der Waals surface area (Å²) in [5.74, 6) is -0.745. The van der Waals surface area contributed by atoms with Crippen LogP contribution in [-0.2, 0) is 11.3 Å². The molecule has 2 heterocycles. The third-order valence-corrected chi connectivity index (χ3v) is 4.19. The molecule has 0 spiro atoms. The lowest BCUT2D eigenvalue weighted by Crippen LogP contribution is -2.28. The monoisotopic (exact) mass is 342 g/mol. The summed E-state index contributed by atoms with van der Waals surface area (Å²) in [6, 6.07) is 13.7. The minimum Gasteiger partial charge on any atom is -0.481 e. The fourth-order valence-electron chi connectivity index (χ4n) is 2.17. The normalized spacial score (nSPS) is 10.4. The molecular formula is C18H15FN2O2S. The Morgan fingerprint density at radius 2 is 2.04 bits per heavy atom. The Morgan fingerprint density at radius 3 is 2.83 bits per heavy atom. The number of para-hydroxylation sites is 1. The van der Waals surface area contributed by atoms with Crippen molar-refractivity contribution in [3.63, 3.8) is 0 Å². The van der Waals surface area contributed by atoms with E-state index in [9.17, 15) is 9.18 Å². The van der Waals surface area contributed by atoms with Gasteiger partial charge in [-0.3, -0.25) is 9.78 Å². The summed E-state index contributed by atoms with van der Waals surface area (Å²) < 4.78 is 18.6. The van der Waals surface area contributed by atoms with Crippen LogP contribution in [0, 0.1) is 5.82 Å². The average molecular weight is 342 g/mol. The molecule has 4 nitrogen and oxygen atoms in total. The second-order valence-electron chi connectivity index (χ2n) is 4.98. The standard InChI is InChI=1S/C18H15FN2O2S/c19-14-6-1-2-7-15(14)23-12-17(22)21-11-13-5-3-9-20-18(13)16-8-4-10-24-16/h1-10H,11-12H2,(H,21,22). The SMILES string of the molecule is O=C(COc1ccccc1F)NCc1cccnc1-c1cccs1. The minimum absolute atomic E-state index is 0.0632. The van der Waals surface area contributed by atoms with Gasteiger partial charge in [0.25, 0.3) is 5.91 Å². The molecule has 24 heavy (non-hydrogen) atoms. The number of aromatic nitrogens is 1. The number of amides is 1. The topological polar surface area (TPSA) is 51.2 Å². The van der Waals surface area contributed by atoms with Crippen molar-refractivity contribution in [2.45, 2.75) is 6.54 Å². The van der Waals surface area contributed by atoms with Crippen LogP contribution in [-0.4, -0.2) is 17.5 Å². The molecule has 3 aromatic rings. The molecule has 3 rings (SSSR count). The Balaban J connectivity index is 1.58. The lowest BCUT2D eigenvalue weighted by atomic mass is 10.1. The quantitative estimate of drug-likeness (QED) is 0.744. The molecule has 1 amide bonds. The number of pyridine rings is 1. The second-order valence-corrected chi connectivity index (χ2v) is 5.93. The van der Waals surface area contributed by atoms with Crippen LogP contribution in [0.2, 0.25) is 0 Å². The van der Waals surface area contributed by atoms with Gasteiger partial charge in [0.05, 0.1) is 10.6 Å². The highest BCUT2D eigenvalue weighted by atomic mass is 32.1. The average Bonchev–Trinajstić information content (AvgIpc) is 3.14. The van der Waals surface area contributed by atoms with E-state index >= 15 is 0 Å². The molecule has 1 aromatic carbocycles. The van der Waals surface area contributed by atoms with Crippen molar-refractivity contribution in [3.8, 4) is 16.3 Å². The fourth-order valence-corrected chi connectivity index (χ4v) is 2.92. The van der Waals surface area contributed by atoms with Crippen molar-refractivity contribution in [2.24, 2.45) is 0 Å². The third kappa shape index (κ3) is 3.97. The van der Waals surface area contributed by atoms with Gasteiger partial charge in [0.1, 0.15) is 0 Å². The van der Waals surface area contributed by atoms with Gasteiger partial charge in [-0.1, -0.05) is 24.3 Å². The van der Waals surface area contributed by atoms with Gasteiger partial charge in [-0.25, -0.2) is 4.39 Å². The molecule has 1 N–H and O–H groups in total. The summed E-state index contributed by atoms with van der Waals surface area (Å²) in [5, 5.41) is 4.75. The van der Waals surface area contributed by atoms with Crippen LogP contribution in [0.15, 0.2) is 60.1 Å². The molecule has 0 radical (unpaired) electrons. The van der Waals surface area contributed by atoms with Gasteiger partial charge in [-0.2, -0.15) is 0 Å². The number of hydrogen-bond donors (Lipinski definition) is 1. The van der Waals surface area contributed by atoms with Gasteiger partial charge in [0.2, 0.25) is 0 Å². The van der Waals surface area contributed by atoms with Gasteiger partial charge < -0.3 is 10.1 Å². The second kappa shape index (κ2) is 7.70. The van der Waals surface area contributed by atoms with E-state index in [1.165, 1.54) is 12.1 Å². The van der Waals surface area contributed by atoms with E-state index in [-0.39, 0.29) is 18.3 Å². The van der Waals surface area contributed by atoms with Crippen LogP contribution >= 0.6 is 11.3 Å². The van der Waals surface area contributed by atoms with Crippen molar-refractivity contribution in [2.75, 3.05) is 6.61 Å². The van der Waals surface area contributed by atoms with E-state index in [0.29, 0.717) is 6.54 Å². The first-order valence-corrected chi connectivity index (χ1v) is 8.24. The van der Waals surface area contributed by atoms with Crippen LogP contribution in [0.4, 0.5) is 4.39 Å². The zero-order valence-electron chi connectivity index (χ0n) is 12.7. The highest BCUT2D eigenvalue weighted by molar-refractivity contribution is 7.13. The maximum atomic E-state index is 13.4. The largest absolute Gasteiger partial charge is 0.481 e. The smallest absolute Gasteiger partial charge is 0.258 e.